The average molecular weight is 461 g/mol. The van der Waals surface area contributed by atoms with Crippen LogP contribution in [0.3, 0.4) is 0 Å². The van der Waals surface area contributed by atoms with E-state index in [0.29, 0.717) is 11.1 Å². The summed E-state index contributed by atoms with van der Waals surface area (Å²) in [6, 6.07) is 11.0. The smallest absolute Gasteiger partial charge is 0.412 e. The first-order valence-electron chi connectivity index (χ1n) is 9.73. The topological polar surface area (TPSA) is 104 Å². The van der Waals surface area contributed by atoms with E-state index in [1.165, 1.54) is 24.1 Å². The molecule has 2 aromatic carbocycles. The normalized spacial score (nSPS) is 10.6. The lowest BCUT2D eigenvalue weighted by molar-refractivity contribution is 0.146. The van der Waals surface area contributed by atoms with E-state index in [9.17, 15) is 19.1 Å². The summed E-state index contributed by atoms with van der Waals surface area (Å²) in [7, 11) is 1.53. The molecule has 1 aromatic heterocycles. The Bertz CT molecular complexity index is 1130. The minimum absolute atomic E-state index is 0.0381. The number of benzene rings is 2. The van der Waals surface area contributed by atoms with Crippen molar-refractivity contribution in [3.05, 3.63) is 70.6 Å². The van der Waals surface area contributed by atoms with E-state index in [0.717, 1.165) is 10.8 Å². The van der Waals surface area contributed by atoms with Crippen LogP contribution in [0.1, 0.15) is 11.1 Å². The molecule has 0 saturated carbocycles. The molecule has 0 radical (unpaired) electrons. The maximum Gasteiger partial charge on any atom is 0.412 e. The summed E-state index contributed by atoms with van der Waals surface area (Å²) in [6.07, 6.45) is 0.867. The third kappa shape index (κ3) is 5.83. The Morgan fingerprint density at radius 3 is 2.75 bits per heavy atom. The molecule has 3 N–H and O–H groups in total. The van der Waals surface area contributed by atoms with E-state index in [4.69, 9.17) is 16.3 Å². The summed E-state index contributed by atoms with van der Waals surface area (Å²) in [5.41, 5.74) is 1.17. The molecular weight excluding hydrogens is 439 g/mol. The third-order valence-corrected chi connectivity index (χ3v) is 5.15. The number of urea groups is 1. The molecule has 0 unspecified atom stereocenters. The van der Waals surface area contributed by atoms with Crippen LogP contribution in [0.15, 0.2) is 48.7 Å². The van der Waals surface area contributed by atoms with Crippen LogP contribution in [0.2, 0.25) is 5.02 Å². The van der Waals surface area contributed by atoms with Gasteiger partial charge in [0, 0.05) is 25.2 Å². The molecule has 168 valence electrons. The van der Waals surface area contributed by atoms with E-state index in [1.54, 1.807) is 24.4 Å². The second kappa shape index (κ2) is 10.7. The Balaban J connectivity index is 1.45. The minimum Gasteiger partial charge on any atom is -0.447 e. The molecule has 0 atom stereocenters. The summed E-state index contributed by atoms with van der Waals surface area (Å²) in [5, 5.41) is 16.2. The zero-order valence-corrected chi connectivity index (χ0v) is 18.0. The van der Waals surface area contributed by atoms with Gasteiger partial charge in [-0.2, -0.15) is 0 Å². The van der Waals surface area contributed by atoms with Crippen molar-refractivity contribution in [2.24, 2.45) is 0 Å². The van der Waals surface area contributed by atoms with Gasteiger partial charge in [0.1, 0.15) is 18.2 Å². The Labute approximate surface area is 189 Å². The Morgan fingerprint density at radius 1 is 1.22 bits per heavy atom. The van der Waals surface area contributed by atoms with Crippen molar-refractivity contribution in [1.82, 2.24) is 15.2 Å². The summed E-state index contributed by atoms with van der Waals surface area (Å²) < 4.78 is 18.6. The SMILES string of the molecule is CN(CCOC(=O)Nc1cc2c(CO)cccc2cn1)C(=O)NCc1cccc(F)c1Cl. The third-order valence-electron chi connectivity index (χ3n) is 4.72. The largest absolute Gasteiger partial charge is 0.447 e. The number of hydrogen-bond acceptors (Lipinski definition) is 5. The molecule has 0 saturated heterocycles. The first-order chi connectivity index (χ1) is 15.4. The highest BCUT2D eigenvalue weighted by Crippen LogP contribution is 2.21. The van der Waals surface area contributed by atoms with Crippen LogP contribution < -0.4 is 10.6 Å². The van der Waals surface area contributed by atoms with Gasteiger partial charge in [-0.1, -0.05) is 41.9 Å². The number of nitrogens with zero attached hydrogens (tertiary/aromatic N) is 2. The lowest BCUT2D eigenvalue weighted by Gasteiger charge is -2.18. The first-order valence-corrected chi connectivity index (χ1v) is 10.1. The lowest BCUT2D eigenvalue weighted by Crippen LogP contribution is -2.39. The number of anilines is 1. The number of carbonyl (C=O) groups is 2. The van der Waals surface area contributed by atoms with Gasteiger partial charge < -0.3 is 20.1 Å². The van der Waals surface area contributed by atoms with Gasteiger partial charge in [-0.15, -0.1) is 0 Å². The van der Waals surface area contributed by atoms with Crippen molar-refractivity contribution in [2.45, 2.75) is 13.2 Å². The van der Waals surface area contributed by atoms with E-state index in [1.807, 2.05) is 12.1 Å². The van der Waals surface area contributed by atoms with E-state index in [2.05, 4.69) is 15.6 Å². The number of ether oxygens (including phenoxy) is 1. The number of amides is 3. The van der Waals surface area contributed by atoms with Gasteiger partial charge in [0.05, 0.1) is 18.2 Å². The number of fused-ring (bicyclic) bond motifs is 1. The standard InChI is InChI=1S/C22H22ClFN4O4/c1-28(21(30)26-12-15-5-3-7-18(24)20(15)23)8-9-32-22(31)27-19-10-17-14(11-25-19)4-2-6-16(17)13-29/h2-7,10-11,29H,8-9,12-13H2,1H3,(H,26,30)(H,25,27,31). The van der Waals surface area contributed by atoms with Crippen LogP contribution in [0.4, 0.5) is 19.8 Å². The van der Waals surface area contributed by atoms with Gasteiger partial charge in [0.15, 0.2) is 0 Å². The summed E-state index contributed by atoms with van der Waals surface area (Å²) in [4.78, 5) is 29.7. The molecule has 3 amide bonds. The van der Waals surface area contributed by atoms with E-state index in [-0.39, 0.29) is 37.1 Å². The lowest BCUT2D eigenvalue weighted by atomic mass is 10.1. The number of rotatable bonds is 7. The fraction of sp³-hybridized carbons (Fsp3) is 0.227. The highest BCUT2D eigenvalue weighted by atomic mass is 35.5. The zero-order chi connectivity index (χ0) is 23.1. The molecule has 0 fully saturated rings. The van der Waals surface area contributed by atoms with Gasteiger partial charge in [-0.3, -0.25) is 5.32 Å². The molecule has 0 aliphatic heterocycles. The Morgan fingerprint density at radius 2 is 1.97 bits per heavy atom. The van der Waals surface area contributed by atoms with Crippen LogP contribution in [0, 0.1) is 5.82 Å². The molecule has 3 rings (SSSR count). The Hall–Kier alpha value is -3.43. The molecule has 0 aliphatic carbocycles. The van der Waals surface area contributed by atoms with Crippen LogP contribution in [-0.2, 0) is 17.9 Å². The first kappa shape index (κ1) is 23.2. The number of aliphatic hydroxyl groups excluding tert-OH is 1. The molecule has 8 nitrogen and oxygen atoms in total. The van der Waals surface area contributed by atoms with E-state index < -0.39 is 17.9 Å². The highest BCUT2D eigenvalue weighted by molar-refractivity contribution is 6.31. The molecule has 3 aromatic rings. The number of aromatic nitrogens is 1. The zero-order valence-electron chi connectivity index (χ0n) is 17.3. The van der Waals surface area contributed by atoms with Crippen molar-refractivity contribution in [3.8, 4) is 0 Å². The second-order valence-electron chi connectivity index (χ2n) is 6.92. The number of halogens is 2. The van der Waals surface area contributed by atoms with Crippen molar-refractivity contribution in [3.63, 3.8) is 0 Å². The van der Waals surface area contributed by atoms with Crippen molar-refractivity contribution >= 4 is 40.3 Å². The fourth-order valence-corrected chi connectivity index (χ4v) is 3.14. The van der Waals surface area contributed by atoms with Gasteiger partial charge in [0.2, 0.25) is 0 Å². The van der Waals surface area contributed by atoms with Crippen molar-refractivity contribution in [2.75, 3.05) is 25.5 Å². The van der Waals surface area contributed by atoms with Crippen LogP contribution in [-0.4, -0.2) is 47.3 Å². The van der Waals surface area contributed by atoms with E-state index >= 15 is 0 Å². The van der Waals surface area contributed by atoms with Crippen molar-refractivity contribution < 1.29 is 23.8 Å². The van der Waals surface area contributed by atoms with Gasteiger partial charge >= 0.3 is 12.1 Å². The fourth-order valence-electron chi connectivity index (χ4n) is 2.95. The monoisotopic (exact) mass is 460 g/mol. The Kier molecular flexibility index (Phi) is 7.80. The predicted octanol–water partition coefficient (Wildman–Crippen LogP) is 3.91. The maximum atomic E-state index is 13.5. The molecule has 1 heterocycles. The number of nitrogens with one attached hydrogen (secondary N) is 2. The molecule has 32 heavy (non-hydrogen) atoms. The summed E-state index contributed by atoms with van der Waals surface area (Å²) in [5.74, 6) is -0.277. The van der Waals surface area contributed by atoms with Gasteiger partial charge in [-0.25, -0.2) is 19.0 Å². The molecule has 0 aliphatic rings. The van der Waals surface area contributed by atoms with Crippen LogP contribution in [0.25, 0.3) is 10.8 Å². The number of pyridine rings is 1. The number of aliphatic hydroxyl groups is 1. The van der Waals surface area contributed by atoms with Crippen LogP contribution in [0.5, 0.6) is 0 Å². The second-order valence-corrected chi connectivity index (χ2v) is 7.30. The molecule has 10 heteroatoms. The highest BCUT2D eigenvalue weighted by Gasteiger charge is 2.12. The number of carbonyl (C=O) groups excluding carboxylic acids is 2. The average Bonchev–Trinajstić information content (AvgIpc) is 2.79. The number of hydrogen-bond donors (Lipinski definition) is 3. The van der Waals surface area contributed by atoms with Crippen LogP contribution >= 0.6 is 11.6 Å². The summed E-state index contributed by atoms with van der Waals surface area (Å²) in [6.45, 7) is 0.0114. The van der Waals surface area contributed by atoms with Crippen molar-refractivity contribution in [1.29, 1.82) is 0 Å². The molecule has 0 bridgehead atoms. The summed E-state index contributed by atoms with van der Waals surface area (Å²) >= 11 is 5.87. The molecular formula is C22H22ClFN4O4. The number of likely N-dealkylation sites (N-methyl/N-ethyl adjacent to an activating group) is 1. The predicted molar refractivity (Wildman–Crippen MR) is 119 cm³/mol. The van der Waals surface area contributed by atoms with Gasteiger partial charge in [0.25, 0.3) is 0 Å². The minimum atomic E-state index is -0.723. The maximum absolute atomic E-state index is 13.5. The molecule has 0 spiro atoms. The quantitative estimate of drug-likeness (QED) is 0.496. The van der Waals surface area contributed by atoms with Gasteiger partial charge in [-0.05, 0) is 28.6 Å².